The normalized spacial score (nSPS) is 12.4. The number of rotatable bonds is 7. The zero-order valence-electron chi connectivity index (χ0n) is 12.2. The number of nitrogens with one attached hydrogen (secondary N) is 1. The number of nitrogens with zero attached hydrogens (tertiary/aromatic N) is 1. The van der Waals surface area contributed by atoms with E-state index >= 15 is 0 Å². The molecule has 0 fully saturated rings. The van der Waals surface area contributed by atoms with E-state index in [2.05, 4.69) is 30.2 Å². The molecular weight excluding hydrogens is 240 g/mol. The average molecular weight is 264 g/mol. The molecule has 0 aliphatic rings. The summed E-state index contributed by atoms with van der Waals surface area (Å²) in [6, 6.07) is 4.00. The zero-order valence-corrected chi connectivity index (χ0v) is 12.2. The van der Waals surface area contributed by atoms with Crippen LogP contribution < -0.4 is 5.32 Å². The second-order valence-electron chi connectivity index (χ2n) is 6.46. The van der Waals surface area contributed by atoms with Gasteiger partial charge in [0, 0.05) is 30.9 Å². The predicted molar refractivity (Wildman–Crippen MR) is 76.2 cm³/mol. The van der Waals surface area contributed by atoms with Crippen LogP contribution in [0.25, 0.3) is 0 Å². The van der Waals surface area contributed by atoms with Crippen LogP contribution in [0.15, 0.2) is 24.5 Å². The van der Waals surface area contributed by atoms with Gasteiger partial charge in [0.1, 0.15) is 0 Å². The van der Waals surface area contributed by atoms with E-state index in [1.165, 1.54) is 5.56 Å². The number of carboxylic acids is 1. The molecule has 106 valence electrons. The van der Waals surface area contributed by atoms with Crippen LogP contribution in [0.2, 0.25) is 0 Å². The Morgan fingerprint density at radius 3 is 2.53 bits per heavy atom. The Kier molecular flexibility index (Phi) is 5.06. The number of aliphatic carboxylic acids is 1. The minimum absolute atomic E-state index is 0.0203. The average Bonchev–Trinajstić information content (AvgIpc) is 2.27. The molecule has 0 aliphatic carbocycles. The van der Waals surface area contributed by atoms with Gasteiger partial charge in [-0.3, -0.25) is 9.78 Å². The highest BCUT2D eigenvalue weighted by molar-refractivity contribution is 5.67. The standard InChI is InChI=1S/C15H24N2O2/c1-14(2,8-13(18)19)10-17-11-15(3,4)12-6-5-7-16-9-12/h5-7,9,17H,8,10-11H2,1-4H3,(H,18,19). The van der Waals surface area contributed by atoms with Gasteiger partial charge in [0.15, 0.2) is 0 Å². The Hall–Kier alpha value is -1.42. The van der Waals surface area contributed by atoms with Crippen LogP contribution in [0.3, 0.4) is 0 Å². The molecule has 0 amide bonds. The van der Waals surface area contributed by atoms with Crippen LogP contribution >= 0.6 is 0 Å². The molecule has 0 unspecified atom stereocenters. The van der Waals surface area contributed by atoms with Gasteiger partial charge in [-0.15, -0.1) is 0 Å². The third-order valence-electron chi connectivity index (χ3n) is 3.24. The van der Waals surface area contributed by atoms with E-state index in [0.717, 1.165) is 6.54 Å². The van der Waals surface area contributed by atoms with Gasteiger partial charge in [-0.1, -0.05) is 33.8 Å². The maximum absolute atomic E-state index is 10.8. The predicted octanol–water partition coefficient (Wildman–Crippen LogP) is 2.45. The van der Waals surface area contributed by atoms with E-state index < -0.39 is 5.97 Å². The molecule has 1 heterocycles. The first-order valence-electron chi connectivity index (χ1n) is 6.56. The van der Waals surface area contributed by atoms with Crippen molar-refractivity contribution < 1.29 is 9.90 Å². The van der Waals surface area contributed by atoms with Crippen molar-refractivity contribution in [3.05, 3.63) is 30.1 Å². The molecule has 1 aromatic rings. The Bertz CT molecular complexity index is 413. The monoisotopic (exact) mass is 264 g/mol. The van der Waals surface area contributed by atoms with Crippen LogP contribution in [0.5, 0.6) is 0 Å². The van der Waals surface area contributed by atoms with Gasteiger partial charge in [-0.25, -0.2) is 0 Å². The number of carbonyl (C=O) groups is 1. The van der Waals surface area contributed by atoms with Crippen LogP contribution in [0, 0.1) is 5.41 Å². The maximum Gasteiger partial charge on any atom is 0.303 e. The van der Waals surface area contributed by atoms with Gasteiger partial charge in [0.25, 0.3) is 0 Å². The van der Waals surface area contributed by atoms with Gasteiger partial charge in [0.05, 0.1) is 6.42 Å². The molecule has 1 aromatic heterocycles. The molecule has 0 spiro atoms. The highest BCUT2D eigenvalue weighted by Crippen LogP contribution is 2.23. The molecule has 0 aromatic carbocycles. The first kappa shape index (κ1) is 15.6. The lowest BCUT2D eigenvalue weighted by Crippen LogP contribution is -2.39. The summed E-state index contributed by atoms with van der Waals surface area (Å²) in [5, 5.41) is 12.2. The van der Waals surface area contributed by atoms with Crippen molar-refractivity contribution in [2.45, 2.75) is 39.5 Å². The van der Waals surface area contributed by atoms with Crippen LogP contribution in [0.4, 0.5) is 0 Å². The minimum Gasteiger partial charge on any atom is -0.481 e. The quantitative estimate of drug-likeness (QED) is 0.794. The van der Waals surface area contributed by atoms with Gasteiger partial charge in [-0.2, -0.15) is 0 Å². The van der Waals surface area contributed by atoms with Crippen molar-refractivity contribution in [3.63, 3.8) is 0 Å². The summed E-state index contributed by atoms with van der Waals surface area (Å²) in [4.78, 5) is 14.9. The summed E-state index contributed by atoms with van der Waals surface area (Å²) in [5.41, 5.74) is 0.920. The number of carboxylic acid groups (broad SMARTS) is 1. The highest BCUT2D eigenvalue weighted by Gasteiger charge is 2.24. The van der Waals surface area contributed by atoms with E-state index in [9.17, 15) is 4.79 Å². The molecule has 0 atom stereocenters. The summed E-state index contributed by atoms with van der Waals surface area (Å²) in [6.45, 7) is 9.71. The molecule has 0 saturated heterocycles. The lowest BCUT2D eigenvalue weighted by molar-refractivity contribution is -0.139. The van der Waals surface area contributed by atoms with Crippen LogP contribution in [-0.2, 0) is 10.2 Å². The summed E-state index contributed by atoms with van der Waals surface area (Å²) < 4.78 is 0. The van der Waals surface area contributed by atoms with Gasteiger partial charge in [0.2, 0.25) is 0 Å². The molecule has 2 N–H and O–H groups in total. The SMILES string of the molecule is CC(C)(CNCC(C)(C)c1cccnc1)CC(=O)O. The molecular formula is C15H24N2O2. The lowest BCUT2D eigenvalue weighted by atomic mass is 9.84. The third-order valence-corrected chi connectivity index (χ3v) is 3.24. The first-order chi connectivity index (χ1) is 8.73. The highest BCUT2D eigenvalue weighted by atomic mass is 16.4. The molecule has 0 bridgehead atoms. The Labute approximate surface area is 115 Å². The molecule has 1 rings (SSSR count). The van der Waals surface area contributed by atoms with Crippen molar-refractivity contribution in [3.8, 4) is 0 Å². The summed E-state index contributed by atoms with van der Waals surface area (Å²) in [5.74, 6) is -0.752. The third kappa shape index (κ3) is 5.39. The van der Waals surface area contributed by atoms with Gasteiger partial charge >= 0.3 is 5.97 Å². The first-order valence-corrected chi connectivity index (χ1v) is 6.56. The fourth-order valence-electron chi connectivity index (χ4n) is 2.05. The number of aromatic nitrogens is 1. The fourth-order valence-corrected chi connectivity index (χ4v) is 2.05. The largest absolute Gasteiger partial charge is 0.481 e. The summed E-state index contributed by atoms with van der Waals surface area (Å²) in [7, 11) is 0. The van der Waals surface area contributed by atoms with E-state index in [0.29, 0.717) is 6.54 Å². The van der Waals surface area contributed by atoms with E-state index in [-0.39, 0.29) is 17.3 Å². The van der Waals surface area contributed by atoms with Crippen LogP contribution in [0.1, 0.15) is 39.7 Å². The topological polar surface area (TPSA) is 62.2 Å². The zero-order chi connectivity index (χ0) is 14.5. The summed E-state index contributed by atoms with van der Waals surface area (Å²) in [6.07, 6.45) is 3.82. The van der Waals surface area contributed by atoms with Crippen molar-refractivity contribution in [1.82, 2.24) is 10.3 Å². The second kappa shape index (κ2) is 6.15. The van der Waals surface area contributed by atoms with Crippen molar-refractivity contribution in [2.75, 3.05) is 13.1 Å². The smallest absolute Gasteiger partial charge is 0.303 e. The van der Waals surface area contributed by atoms with Gasteiger partial charge in [-0.05, 0) is 17.0 Å². The molecule has 19 heavy (non-hydrogen) atoms. The van der Waals surface area contributed by atoms with Crippen molar-refractivity contribution in [2.24, 2.45) is 5.41 Å². The molecule has 4 heteroatoms. The maximum atomic E-state index is 10.8. The second-order valence-corrected chi connectivity index (χ2v) is 6.46. The van der Waals surface area contributed by atoms with Gasteiger partial charge < -0.3 is 10.4 Å². The Morgan fingerprint density at radius 2 is 2.00 bits per heavy atom. The Morgan fingerprint density at radius 1 is 1.32 bits per heavy atom. The number of hydrogen-bond donors (Lipinski definition) is 2. The van der Waals surface area contributed by atoms with E-state index in [1.54, 1.807) is 6.20 Å². The van der Waals surface area contributed by atoms with E-state index in [4.69, 9.17) is 5.11 Å². The van der Waals surface area contributed by atoms with Crippen molar-refractivity contribution >= 4 is 5.97 Å². The molecule has 0 radical (unpaired) electrons. The number of pyridine rings is 1. The minimum atomic E-state index is -0.752. The van der Waals surface area contributed by atoms with Crippen molar-refractivity contribution in [1.29, 1.82) is 0 Å². The van der Waals surface area contributed by atoms with E-state index in [1.807, 2.05) is 26.1 Å². The summed E-state index contributed by atoms with van der Waals surface area (Å²) >= 11 is 0. The fraction of sp³-hybridized carbons (Fsp3) is 0.600. The molecule has 0 saturated carbocycles. The lowest BCUT2D eigenvalue weighted by Gasteiger charge is -2.29. The van der Waals surface area contributed by atoms with Crippen LogP contribution in [-0.4, -0.2) is 29.1 Å². The Balaban J connectivity index is 2.50. The molecule has 4 nitrogen and oxygen atoms in total. The molecule has 0 aliphatic heterocycles. The number of hydrogen-bond acceptors (Lipinski definition) is 3.